The molecule has 2 aromatic rings. The number of aliphatic hydroxyl groups is 1. The van der Waals surface area contributed by atoms with Gasteiger partial charge in [0.2, 0.25) is 14.8 Å². The number of halogens is 1. The van der Waals surface area contributed by atoms with Gasteiger partial charge in [0, 0.05) is 0 Å². The van der Waals surface area contributed by atoms with Crippen molar-refractivity contribution in [3.63, 3.8) is 0 Å². The molecule has 2 aliphatic rings. The van der Waals surface area contributed by atoms with E-state index >= 15 is 0 Å². The summed E-state index contributed by atoms with van der Waals surface area (Å²) >= 11 is 0. The number of aliphatic hydroxyl groups excluding tert-OH is 1. The monoisotopic (exact) mass is 364 g/mol. The van der Waals surface area contributed by atoms with Crippen LogP contribution in [0.4, 0.5) is 4.39 Å². The van der Waals surface area contributed by atoms with Crippen molar-refractivity contribution in [2.45, 2.75) is 35.1 Å². The Morgan fingerprint density at radius 2 is 1.76 bits per heavy atom. The lowest BCUT2D eigenvalue weighted by atomic mass is 10.1. The van der Waals surface area contributed by atoms with Crippen molar-refractivity contribution in [2.24, 2.45) is 0 Å². The summed E-state index contributed by atoms with van der Waals surface area (Å²) in [7, 11) is -3.88. The zero-order valence-corrected chi connectivity index (χ0v) is 14.2. The van der Waals surface area contributed by atoms with Gasteiger partial charge in [0.05, 0.1) is 11.5 Å². The Labute approximate surface area is 144 Å². The SMILES string of the molecule is Cc1ccc(S(=O)(=O)[C@@]23O[C@@H]2[C@@H](CO)O[C@H]3c2ccc(F)cc2)cc1. The van der Waals surface area contributed by atoms with Gasteiger partial charge in [-0.3, -0.25) is 0 Å². The molecule has 0 aliphatic carbocycles. The summed E-state index contributed by atoms with van der Waals surface area (Å²) in [5.74, 6) is -0.427. The normalized spacial score (nSPS) is 30.9. The third kappa shape index (κ3) is 2.34. The molecule has 2 fully saturated rings. The maximum atomic E-state index is 13.3. The van der Waals surface area contributed by atoms with Gasteiger partial charge in [-0.25, -0.2) is 12.8 Å². The zero-order valence-electron chi connectivity index (χ0n) is 13.4. The molecular weight excluding hydrogens is 347 g/mol. The van der Waals surface area contributed by atoms with Crippen LogP contribution in [0.15, 0.2) is 53.4 Å². The third-order valence-corrected chi connectivity index (χ3v) is 7.04. The Balaban J connectivity index is 1.80. The molecule has 2 aliphatic heterocycles. The quantitative estimate of drug-likeness (QED) is 0.841. The number of aryl methyl sites for hydroxylation is 1. The van der Waals surface area contributed by atoms with Crippen LogP contribution < -0.4 is 0 Å². The standard InChI is InChI=1S/C18H17FO5S/c1-11-2-8-14(9-3-11)25(21,22)18-16(12-4-6-13(19)7-5-12)23-15(10-20)17(18)24-18/h2-9,15-17,20H,10H2,1H3/t15-,16+,17-,18-/m1/s1. The first kappa shape index (κ1) is 16.7. The van der Waals surface area contributed by atoms with Crippen molar-refractivity contribution in [3.8, 4) is 0 Å². The fourth-order valence-electron chi connectivity index (χ4n) is 3.40. The van der Waals surface area contributed by atoms with Crippen molar-refractivity contribution in [1.29, 1.82) is 0 Å². The molecule has 2 aromatic carbocycles. The minimum atomic E-state index is -3.88. The van der Waals surface area contributed by atoms with E-state index in [9.17, 15) is 17.9 Å². The number of benzene rings is 2. The molecule has 4 rings (SSSR count). The molecule has 1 N–H and O–H groups in total. The maximum absolute atomic E-state index is 13.3. The summed E-state index contributed by atoms with van der Waals surface area (Å²) in [4.78, 5) is -1.46. The lowest BCUT2D eigenvalue weighted by Crippen LogP contribution is -2.31. The first-order chi connectivity index (χ1) is 11.9. The average molecular weight is 364 g/mol. The largest absolute Gasteiger partial charge is 0.394 e. The van der Waals surface area contributed by atoms with Gasteiger partial charge >= 0.3 is 0 Å². The topological polar surface area (TPSA) is 76.1 Å². The van der Waals surface area contributed by atoms with Gasteiger partial charge in [-0.05, 0) is 36.8 Å². The Kier molecular flexibility index (Phi) is 3.73. The summed E-state index contributed by atoms with van der Waals surface area (Å²) in [5, 5.41) is 9.50. The number of ether oxygens (including phenoxy) is 2. The minimum Gasteiger partial charge on any atom is -0.394 e. The summed E-state index contributed by atoms with van der Waals surface area (Å²) in [6, 6.07) is 11.9. The zero-order chi connectivity index (χ0) is 17.8. The highest BCUT2D eigenvalue weighted by molar-refractivity contribution is 7.93. The summed E-state index contributed by atoms with van der Waals surface area (Å²) in [6.45, 7) is 1.51. The number of sulfone groups is 1. The van der Waals surface area contributed by atoms with E-state index in [0.717, 1.165) is 5.56 Å². The molecule has 0 spiro atoms. The number of hydrogen-bond acceptors (Lipinski definition) is 5. The van der Waals surface area contributed by atoms with Crippen LogP contribution in [0.3, 0.4) is 0 Å². The molecule has 25 heavy (non-hydrogen) atoms. The van der Waals surface area contributed by atoms with Crippen LogP contribution in [-0.2, 0) is 19.3 Å². The second-order valence-corrected chi connectivity index (χ2v) is 8.48. The molecule has 132 valence electrons. The van der Waals surface area contributed by atoms with E-state index in [0.29, 0.717) is 5.56 Å². The highest BCUT2D eigenvalue weighted by Gasteiger charge is 2.78. The number of epoxide rings is 1. The molecular formula is C18H17FO5S. The van der Waals surface area contributed by atoms with Gasteiger partial charge in [0.15, 0.2) is 0 Å². The number of hydrogen-bond donors (Lipinski definition) is 1. The molecule has 5 nitrogen and oxygen atoms in total. The molecule has 0 saturated carbocycles. The van der Waals surface area contributed by atoms with Crippen molar-refractivity contribution in [3.05, 3.63) is 65.5 Å². The van der Waals surface area contributed by atoms with E-state index in [1.807, 2.05) is 6.92 Å². The fraction of sp³-hybridized carbons (Fsp3) is 0.333. The number of fused-ring (bicyclic) bond motifs is 1. The maximum Gasteiger partial charge on any atom is 0.233 e. The van der Waals surface area contributed by atoms with Gasteiger partial charge in [-0.15, -0.1) is 0 Å². The predicted molar refractivity (Wildman–Crippen MR) is 87.1 cm³/mol. The van der Waals surface area contributed by atoms with Crippen LogP contribution >= 0.6 is 0 Å². The van der Waals surface area contributed by atoms with Crippen molar-refractivity contribution >= 4 is 9.84 Å². The summed E-state index contributed by atoms with van der Waals surface area (Å²) in [5.41, 5.74) is 1.44. The van der Waals surface area contributed by atoms with E-state index in [1.54, 1.807) is 12.1 Å². The first-order valence-corrected chi connectivity index (χ1v) is 9.39. The van der Waals surface area contributed by atoms with Crippen LogP contribution in [0.1, 0.15) is 17.2 Å². The highest BCUT2D eigenvalue weighted by atomic mass is 32.2. The van der Waals surface area contributed by atoms with E-state index in [2.05, 4.69) is 0 Å². The summed E-state index contributed by atoms with van der Waals surface area (Å²) < 4.78 is 51.1. The minimum absolute atomic E-state index is 0.134. The predicted octanol–water partition coefficient (Wildman–Crippen LogP) is 2.14. The van der Waals surface area contributed by atoms with Gasteiger partial charge in [-0.1, -0.05) is 29.8 Å². The highest BCUT2D eigenvalue weighted by Crippen LogP contribution is 2.61. The second kappa shape index (κ2) is 5.60. The molecule has 2 heterocycles. The van der Waals surface area contributed by atoms with Crippen molar-refractivity contribution in [2.75, 3.05) is 6.61 Å². The number of rotatable bonds is 4. The van der Waals surface area contributed by atoms with Crippen LogP contribution in [0, 0.1) is 12.7 Å². The molecule has 7 heteroatoms. The van der Waals surface area contributed by atoms with Crippen LogP contribution in [0.2, 0.25) is 0 Å². The lowest BCUT2D eigenvalue weighted by molar-refractivity contribution is -0.0589. The van der Waals surface area contributed by atoms with Gasteiger partial charge < -0.3 is 14.6 Å². The Morgan fingerprint density at radius 1 is 1.12 bits per heavy atom. The molecule has 0 radical (unpaired) electrons. The van der Waals surface area contributed by atoms with E-state index < -0.39 is 38.9 Å². The van der Waals surface area contributed by atoms with Gasteiger partial charge in [0.1, 0.15) is 24.1 Å². The summed E-state index contributed by atoms with van der Waals surface area (Å²) in [6.07, 6.45) is -2.42. The molecule has 0 aromatic heterocycles. The Bertz CT molecular complexity index is 894. The van der Waals surface area contributed by atoms with E-state index in [4.69, 9.17) is 9.47 Å². The fourth-order valence-corrected chi connectivity index (χ4v) is 5.42. The van der Waals surface area contributed by atoms with Crippen LogP contribution in [0.5, 0.6) is 0 Å². The van der Waals surface area contributed by atoms with Crippen molar-refractivity contribution < 1.29 is 27.4 Å². The van der Waals surface area contributed by atoms with Crippen LogP contribution in [0.25, 0.3) is 0 Å². The molecule has 0 unspecified atom stereocenters. The first-order valence-electron chi connectivity index (χ1n) is 7.91. The van der Waals surface area contributed by atoms with Gasteiger partial charge in [0.25, 0.3) is 0 Å². The average Bonchev–Trinajstić information content (AvgIpc) is 3.27. The Hall–Kier alpha value is -1.80. The van der Waals surface area contributed by atoms with E-state index in [1.165, 1.54) is 36.4 Å². The Morgan fingerprint density at radius 3 is 2.36 bits per heavy atom. The molecule has 4 atom stereocenters. The molecule has 0 amide bonds. The third-order valence-electron chi connectivity index (χ3n) is 4.77. The smallest absolute Gasteiger partial charge is 0.233 e. The van der Waals surface area contributed by atoms with Gasteiger partial charge in [-0.2, -0.15) is 0 Å². The van der Waals surface area contributed by atoms with E-state index in [-0.39, 0.29) is 11.5 Å². The lowest BCUT2D eigenvalue weighted by Gasteiger charge is -2.22. The molecule has 2 saturated heterocycles. The van der Waals surface area contributed by atoms with Crippen LogP contribution in [-0.4, -0.2) is 37.3 Å². The molecule has 0 bridgehead atoms. The van der Waals surface area contributed by atoms with Crippen molar-refractivity contribution in [1.82, 2.24) is 0 Å². The second-order valence-electron chi connectivity index (χ2n) is 6.37.